The second kappa shape index (κ2) is 5.81. The van der Waals surface area contributed by atoms with Gasteiger partial charge in [-0.2, -0.15) is 5.26 Å². The average molecular weight is 303 g/mol. The van der Waals surface area contributed by atoms with Crippen LogP contribution in [0.15, 0.2) is 47.5 Å². The monoisotopic (exact) mass is 303 g/mol. The number of aromatic nitrogens is 1. The van der Waals surface area contributed by atoms with Crippen LogP contribution < -0.4 is 4.31 Å². The lowest BCUT2D eigenvalue weighted by Crippen LogP contribution is -2.31. The van der Waals surface area contributed by atoms with Gasteiger partial charge in [0.05, 0.1) is 5.69 Å². The number of nitriles is 1. The maximum atomic E-state index is 12.7. The van der Waals surface area contributed by atoms with Crippen LogP contribution in [-0.4, -0.2) is 25.1 Å². The van der Waals surface area contributed by atoms with E-state index in [1.165, 1.54) is 30.5 Å². The lowest BCUT2D eigenvalue weighted by molar-refractivity contribution is 0.475. The maximum absolute atomic E-state index is 12.7. The smallest absolute Gasteiger partial charge is 0.267 e. The Balaban J connectivity index is 2.58. The Hall–Kier alpha value is -2.59. The van der Waals surface area contributed by atoms with E-state index in [1.807, 2.05) is 0 Å². The van der Waals surface area contributed by atoms with E-state index in [-0.39, 0.29) is 22.9 Å². The fourth-order valence-electron chi connectivity index (χ4n) is 1.94. The highest BCUT2D eigenvalue weighted by Gasteiger charge is 2.27. The Morgan fingerprint density at radius 3 is 2.71 bits per heavy atom. The van der Waals surface area contributed by atoms with Gasteiger partial charge in [-0.25, -0.2) is 13.4 Å². The highest BCUT2D eigenvalue weighted by molar-refractivity contribution is 7.92. The summed E-state index contributed by atoms with van der Waals surface area (Å²) in [6.45, 7) is 1.83. The van der Waals surface area contributed by atoms with Crippen molar-refractivity contribution in [1.29, 1.82) is 5.26 Å². The zero-order valence-electron chi connectivity index (χ0n) is 11.3. The number of sulfonamides is 1. The number of nitrogens with zero attached hydrogens (tertiary/aromatic N) is 3. The summed E-state index contributed by atoms with van der Waals surface area (Å²) in [6, 6.07) is 10.5. The fraction of sp³-hybridized carbons (Fsp3) is 0.143. The molecule has 0 aliphatic rings. The van der Waals surface area contributed by atoms with E-state index in [0.717, 1.165) is 4.31 Å². The van der Waals surface area contributed by atoms with E-state index in [2.05, 4.69) is 4.98 Å². The lowest BCUT2D eigenvalue weighted by atomic mass is 10.3. The zero-order chi connectivity index (χ0) is 15.5. The van der Waals surface area contributed by atoms with Crippen molar-refractivity contribution in [2.75, 3.05) is 10.8 Å². The Labute approximate surface area is 123 Å². The summed E-state index contributed by atoms with van der Waals surface area (Å²) in [5.41, 5.74) is 0.168. The summed E-state index contributed by atoms with van der Waals surface area (Å²) in [5.74, 6) is -0.0344. The van der Waals surface area contributed by atoms with Gasteiger partial charge in [0.1, 0.15) is 16.7 Å². The van der Waals surface area contributed by atoms with Crippen LogP contribution in [0.3, 0.4) is 0 Å². The predicted octanol–water partition coefficient (Wildman–Crippen LogP) is 1.87. The molecule has 6 nitrogen and oxygen atoms in total. The second-order valence-electron chi connectivity index (χ2n) is 4.15. The molecule has 0 radical (unpaired) electrons. The molecule has 0 amide bonds. The van der Waals surface area contributed by atoms with Gasteiger partial charge >= 0.3 is 0 Å². The van der Waals surface area contributed by atoms with Gasteiger partial charge in [0.25, 0.3) is 10.0 Å². The minimum atomic E-state index is -3.93. The molecule has 1 aromatic carbocycles. The van der Waals surface area contributed by atoms with Gasteiger partial charge in [0.15, 0.2) is 5.69 Å². The topological polar surface area (TPSA) is 94.3 Å². The molecule has 1 N–H and O–H groups in total. The van der Waals surface area contributed by atoms with E-state index in [9.17, 15) is 13.5 Å². The Morgan fingerprint density at radius 1 is 1.33 bits per heavy atom. The van der Waals surface area contributed by atoms with Crippen LogP contribution in [0.1, 0.15) is 12.6 Å². The number of phenols is 1. The van der Waals surface area contributed by atoms with E-state index in [1.54, 1.807) is 25.1 Å². The summed E-state index contributed by atoms with van der Waals surface area (Å²) >= 11 is 0. The van der Waals surface area contributed by atoms with Crippen molar-refractivity contribution >= 4 is 15.7 Å². The first-order valence-electron chi connectivity index (χ1n) is 6.17. The number of hydrogen-bond acceptors (Lipinski definition) is 5. The second-order valence-corrected chi connectivity index (χ2v) is 5.98. The molecule has 108 valence electrons. The summed E-state index contributed by atoms with van der Waals surface area (Å²) in [4.78, 5) is 3.62. The van der Waals surface area contributed by atoms with Crippen LogP contribution in [0, 0.1) is 11.3 Å². The number of rotatable bonds is 4. The average Bonchev–Trinajstić information content (AvgIpc) is 2.47. The molecule has 2 rings (SSSR count). The molecule has 0 spiro atoms. The van der Waals surface area contributed by atoms with Crippen molar-refractivity contribution in [3.63, 3.8) is 0 Å². The largest absolute Gasteiger partial charge is 0.508 e. The predicted molar refractivity (Wildman–Crippen MR) is 77.3 cm³/mol. The summed E-state index contributed by atoms with van der Waals surface area (Å²) in [6.07, 6.45) is 1.36. The molecule has 2 aromatic rings. The molecule has 0 saturated carbocycles. The van der Waals surface area contributed by atoms with Gasteiger partial charge < -0.3 is 5.11 Å². The van der Waals surface area contributed by atoms with Crippen LogP contribution >= 0.6 is 0 Å². The van der Waals surface area contributed by atoms with Crippen molar-refractivity contribution in [2.45, 2.75) is 11.8 Å². The highest BCUT2D eigenvalue weighted by Crippen LogP contribution is 2.27. The molecule has 1 heterocycles. The van der Waals surface area contributed by atoms with Crippen LogP contribution in [-0.2, 0) is 10.0 Å². The summed E-state index contributed by atoms with van der Waals surface area (Å²) in [7, 11) is -3.93. The number of benzene rings is 1. The van der Waals surface area contributed by atoms with E-state index < -0.39 is 10.0 Å². The molecular weight excluding hydrogens is 290 g/mol. The Morgan fingerprint density at radius 2 is 2.10 bits per heavy atom. The maximum Gasteiger partial charge on any atom is 0.267 e. The van der Waals surface area contributed by atoms with Gasteiger partial charge in [-0.3, -0.25) is 4.31 Å². The van der Waals surface area contributed by atoms with Crippen LogP contribution in [0.25, 0.3) is 0 Å². The fourth-order valence-corrected chi connectivity index (χ4v) is 3.50. The van der Waals surface area contributed by atoms with Crippen molar-refractivity contribution in [3.05, 3.63) is 48.3 Å². The first kappa shape index (κ1) is 14.8. The normalized spacial score (nSPS) is 10.9. The standard InChI is InChI=1S/C14H13N3O3S/c1-2-17(11-5-3-6-12(18)9-11)21(19,20)14-7-4-8-16-13(14)10-15/h3-9,18H,2H2,1H3. The zero-order valence-corrected chi connectivity index (χ0v) is 12.1. The molecule has 21 heavy (non-hydrogen) atoms. The van der Waals surface area contributed by atoms with E-state index in [4.69, 9.17) is 5.26 Å². The number of anilines is 1. The molecule has 0 unspecified atom stereocenters. The van der Waals surface area contributed by atoms with Crippen molar-refractivity contribution < 1.29 is 13.5 Å². The van der Waals surface area contributed by atoms with Gasteiger partial charge in [-0.1, -0.05) is 6.07 Å². The number of hydrogen-bond donors (Lipinski definition) is 1. The molecule has 0 aliphatic carbocycles. The number of phenolic OH excluding ortho intramolecular Hbond substituents is 1. The molecule has 0 bridgehead atoms. The molecule has 0 atom stereocenters. The van der Waals surface area contributed by atoms with Crippen LogP contribution in [0.5, 0.6) is 5.75 Å². The van der Waals surface area contributed by atoms with Crippen molar-refractivity contribution in [1.82, 2.24) is 4.98 Å². The van der Waals surface area contributed by atoms with Crippen LogP contribution in [0.4, 0.5) is 5.69 Å². The summed E-state index contributed by atoms with van der Waals surface area (Å²) in [5, 5.41) is 18.5. The van der Waals surface area contributed by atoms with Gasteiger partial charge in [0, 0.05) is 18.8 Å². The first-order chi connectivity index (χ1) is 10.0. The van der Waals surface area contributed by atoms with Gasteiger partial charge in [-0.05, 0) is 31.2 Å². The molecule has 0 fully saturated rings. The van der Waals surface area contributed by atoms with Gasteiger partial charge in [-0.15, -0.1) is 0 Å². The molecule has 0 aliphatic heterocycles. The molecule has 7 heteroatoms. The quantitative estimate of drug-likeness (QED) is 0.930. The molecular formula is C14H13N3O3S. The Bertz CT molecular complexity index is 797. The van der Waals surface area contributed by atoms with E-state index >= 15 is 0 Å². The SMILES string of the molecule is CCN(c1cccc(O)c1)S(=O)(=O)c1cccnc1C#N. The first-order valence-corrected chi connectivity index (χ1v) is 7.61. The van der Waals surface area contributed by atoms with Crippen molar-refractivity contribution in [2.24, 2.45) is 0 Å². The molecule has 0 saturated heterocycles. The molecule has 1 aromatic heterocycles. The third-order valence-corrected chi connectivity index (χ3v) is 4.78. The lowest BCUT2D eigenvalue weighted by Gasteiger charge is -2.23. The third-order valence-electron chi connectivity index (χ3n) is 2.85. The third kappa shape index (κ3) is 2.80. The number of aromatic hydroxyl groups is 1. The van der Waals surface area contributed by atoms with Gasteiger partial charge in [0.2, 0.25) is 0 Å². The van der Waals surface area contributed by atoms with Crippen LogP contribution in [0.2, 0.25) is 0 Å². The number of pyridine rings is 1. The van der Waals surface area contributed by atoms with Crippen molar-refractivity contribution in [3.8, 4) is 11.8 Å². The highest BCUT2D eigenvalue weighted by atomic mass is 32.2. The minimum absolute atomic E-state index is 0.0344. The Kier molecular flexibility index (Phi) is 4.10. The summed E-state index contributed by atoms with van der Waals surface area (Å²) < 4.78 is 26.5. The van der Waals surface area contributed by atoms with E-state index in [0.29, 0.717) is 5.69 Å². The minimum Gasteiger partial charge on any atom is -0.508 e.